The molecule has 0 bridgehead atoms. The predicted octanol–water partition coefficient (Wildman–Crippen LogP) is 13.3. The summed E-state index contributed by atoms with van der Waals surface area (Å²) in [6.45, 7) is 2.79. The first-order chi connectivity index (χ1) is 40.6. The number of hydrogen-bond acceptors (Lipinski definition) is 13. The van der Waals surface area contributed by atoms with Gasteiger partial charge in [0.2, 0.25) is 5.91 Å². The fraction of sp³-hybridized carbons (Fsp3) is 0.841. The molecule has 12 atom stereocenters. The van der Waals surface area contributed by atoms with E-state index < -0.39 is 86.8 Å². The molecular weight excluding hydrogens is 1050 g/mol. The second-order valence-corrected chi connectivity index (χ2v) is 23.9. The number of carbonyl (C=O) groups is 1. The van der Waals surface area contributed by atoms with Gasteiger partial charge in [-0.2, -0.15) is 0 Å². The summed E-state index contributed by atoms with van der Waals surface area (Å²) in [5.41, 5.74) is 0. The van der Waals surface area contributed by atoms with Crippen LogP contribution in [0.5, 0.6) is 0 Å². The molecule has 2 aliphatic rings. The van der Waals surface area contributed by atoms with E-state index in [1.54, 1.807) is 6.08 Å². The van der Waals surface area contributed by atoms with Gasteiger partial charge in [-0.1, -0.05) is 254 Å². The molecule has 2 rings (SSSR count). The number of aliphatic hydroxyl groups is 8. The van der Waals surface area contributed by atoms with Crippen molar-refractivity contribution in [2.24, 2.45) is 0 Å². The Morgan fingerprint density at radius 1 is 0.434 bits per heavy atom. The highest BCUT2D eigenvalue weighted by molar-refractivity contribution is 5.76. The highest BCUT2D eigenvalue weighted by atomic mass is 16.7. The molecule has 0 aromatic rings. The lowest BCUT2D eigenvalue weighted by Gasteiger charge is -2.46. The molecule has 1 amide bonds. The zero-order chi connectivity index (χ0) is 60.2. The molecule has 0 aromatic carbocycles. The first kappa shape index (κ1) is 76.8. The van der Waals surface area contributed by atoms with Crippen molar-refractivity contribution >= 4 is 5.91 Å². The van der Waals surface area contributed by atoms with Crippen molar-refractivity contribution in [1.82, 2.24) is 5.32 Å². The highest BCUT2D eigenvalue weighted by Crippen LogP contribution is 2.30. The minimum atomic E-state index is -1.79. The fourth-order valence-electron chi connectivity index (χ4n) is 10.9. The zero-order valence-corrected chi connectivity index (χ0v) is 52.4. The van der Waals surface area contributed by atoms with E-state index in [0.29, 0.717) is 12.8 Å². The van der Waals surface area contributed by atoms with E-state index in [-0.39, 0.29) is 18.9 Å². The number of nitrogens with one attached hydrogen (secondary N) is 1. The van der Waals surface area contributed by atoms with Gasteiger partial charge >= 0.3 is 0 Å². The van der Waals surface area contributed by atoms with Crippen molar-refractivity contribution in [2.75, 3.05) is 19.8 Å². The average Bonchev–Trinajstić information content (AvgIpc) is 3.65. The van der Waals surface area contributed by atoms with Gasteiger partial charge in [0.15, 0.2) is 12.6 Å². The zero-order valence-electron chi connectivity index (χ0n) is 52.4. The van der Waals surface area contributed by atoms with E-state index in [4.69, 9.17) is 18.9 Å². The molecule has 14 nitrogen and oxygen atoms in total. The Hall–Kier alpha value is -2.31. The SMILES string of the molecule is CCCCCCC/C=C\C/C=C\CCCCCCCCCCCCCCCCCCCC(=O)NC(COC1OC(CO)C(OC2OC(CO)C(O)C(O)C2O)C(O)C1O)C(O)/C=C/CC/C=C/CC/C=C/CCCCCCCCCCCC. The summed E-state index contributed by atoms with van der Waals surface area (Å²) >= 11 is 0. The van der Waals surface area contributed by atoms with Crippen LogP contribution in [0, 0.1) is 0 Å². The number of allylic oxidation sites excluding steroid dienone is 9. The van der Waals surface area contributed by atoms with E-state index >= 15 is 0 Å². The van der Waals surface area contributed by atoms with Gasteiger partial charge in [-0.15, -0.1) is 0 Å². The normalized spacial score (nSPS) is 24.2. The molecule has 83 heavy (non-hydrogen) atoms. The smallest absolute Gasteiger partial charge is 0.220 e. The Kier molecular flexibility index (Phi) is 49.9. The summed E-state index contributed by atoms with van der Waals surface area (Å²) in [5, 5.41) is 87.3. The molecule has 0 aliphatic carbocycles. The van der Waals surface area contributed by atoms with Gasteiger partial charge in [-0.25, -0.2) is 0 Å². The molecule has 0 radical (unpaired) electrons. The van der Waals surface area contributed by atoms with Crippen molar-refractivity contribution in [3.63, 3.8) is 0 Å². The van der Waals surface area contributed by atoms with Crippen LogP contribution in [0.2, 0.25) is 0 Å². The maximum atomic E-state index is 13.3. The van der Waals surface area contributed by atoms with Crippen molar-refractivity contribution in [3.8, 4) is 0 Å². The Morgan fingerprint density at radius 2 is 0.807 bits per heavy atom. The van der Waals surface area contributed by atoms with Gasteiger partial charge in [0.25, 0.3) is 0 Å². The standard InChI is InChI=1S/C69H125NO13/c1-3-5-7-9-11-13-15-17-19-21-23-25-26-27-28-29-30-31-32-33-35-37-39-41-43-45-47-49-51-53-61(74)70-57(58(73)52-50-48-46-44-42-40-38-36-34-24-22-20-18-16-14-12-10-8-6-4-2)56-80-68-66(79)64(77)67(60(55-72)82-68)83-69-65(78)63(76)62(75)59(54-71)81-69/h15,17,21,23,34,36,42,44,50,52,57-60,62-69,71-73,75-79H,3-14,16,18-20,22,24-33,35,37-41,43,45-49,51,53-56H2,1-2H3,(H,70,74)/b17-15-,23-21-,36-34+,44-42+,52-50+. The van der Waals surface area contributed by atoms with Crippen LogP contribution in [0.1, 0.15) is 277 Å². The summed E-state index contributed by atoms with van der Waals surface area (Å²) in [4.78, 5) is 13.3. The van der Waals surface area contributed by atoms with Crippen LogP contribution in [0.4, 0.5) is 0 Å². The van der Waals surface area contributed by atoms with Gasteiger partial charge in [0.05, 0.1) is 32.0 Å². The Balaban J connectivity index is 1.70. The van der Waals surface area contributed by atoms with Gasteiger partial charge in [-0.05, 0) is 77.0 Å². The number of amides is 1. The first-order valence-electron chi connectivity index (χ1n) is 34.0. The van der Waals surface area contributed by atoms with E-state index in [0.717, 1.165) is 51.4 Å². The van der Waals surface area contributed by atoms with Gasteiger partial charge < -0.3 is 65.1 Å². The lowest BCUT2D eigenvalue weighted by Crippen LogP contribution is -2.65. The molecule has 2 saturated heterocycles. The minimum absolute atomic E-state index is 0.251. The lowest BCUT2D eigenvalue weighted by molar-refractivity contribution is -0.359. The van der Waals surface area contributed by atoms with E-state index in [2.05, 4.69) is 67.8 Å². The Labute approximate surface area is 505 Å². The molecule has 9 N–H and O–H groups in total. The summed E-state index contributed by atoms with van der Waals surface area (Å²) < 4.78 is 22.8. The lowest BCUT2D eigenvalue weighted by atomic mass is 9.97. The van der Waals surface area contributed by atoms with Crippen LogP contribution in [0.15, 0.2) is 60.8 Å². The number of carbonyl (C=O) groups excluding carboxylic acids is 1. The van der Waals surface area contributed by atoms with E-state index in [1.807, 2.05) is 6.08 Å². The largest absolute Gasteiger partial charge is 0.394 e. The molecule has 2 heterocycles. The second-order valence-electron chi connectivity index (χ2n) is 23.9. The first-order valence-corrected chi connectivity index (χ1v) is 34.0. The van der Waals surface area contributed by atoms with Crippen LogP contribution < -0.4 is 5.32 Å². The Bertz CT molecular complexity index is 1620. The average molecular weight is 1180 g/mol. The Morgan fingerprint density at radius 3 is 1.25 bits per heavy atom. The second kappa shape index (κ2) is 53.9. The van der Waals surface area contributed by atoms with Crippen molar-refractivity contribution in [2.45, 2.75) is 351 Å². The number of aliphatic hydroxyl groups excluding tert-OH is 8. The molecule has 0 spiro atoms. The summed E-state index contributed by atoms with van der Waals surface area (Å²) in [5.74, 6) is -0.251. The van der Waals surface area contributed by atoms with Crippen LogP contribution in [0.25, 0.3) is 0 Å². The third kappa shape index (κ3) is 38.6. The molecular formula is C69H125NO13. The van der Waals surface area contributed by atoms with Crippen molar-refractivity contribution < 1.29 is 64.6 Å². The van der Waals surface area contributed by atoms with Crippen molar-refractivity contribution in [3.05, 3.63) is 60.8 Å². The summed E-state index contributed by atoms with van der Waals surface area (Å²) in [6, 6.07) is -0.940. The molecule has 14 heteroatoms. The fourth-order valence-corrected chi connectivity index (χ4v) is 10.9. The van der Waals surface area contributed by atoms with Gasteiger partial charge in [0, 0.05) is 6.42 Å². The van der Waals surface area contributed by atoms with Crippen LogP contribution in [-0.4, -0.2) is 140 Å². The van der Waals surface area contributed by atoms with Crippen molar-refractivity contribution in [1.29, 1.82) is 0 Å². The number of ether oxygens (including phenoxy) is 4. The number of unbranched alkanes of at least 4 members (excludes halogenated alkanes) is 34. The minimum Gasteiger partial charge on any atom is -0.394 e. The molecule has 12 unspecified atom stereocenters. The molecule has 2 aliphatic heterocycles. The number of rotatable bonds is 55. The topological polar surface area (TPSA) is 228 Å². The maximum Gasteiger partial charge on any atom is 0.220 e. The van der Waals surface area contributed by atoms with Gasteiger partial charge in [-0.3, -0.25) is 4.79 Å². The van der Waals surface area contributed by atoms with E-state index in [9.17, 15) is 45.6 Å². The summed E-state index contributed by atoms with van der Waals surface area (Å²) in [7, 11) is 0. The predicted molar refractivity (Wildman–Crippen MR) is 337 cm³/mol. The number of hydrogen-bond donors (Lipinski definition) is 9. The quantitative estimate of drug-likeness (QED) is 0.0204. The van der Waals surface area contributed by atoms with Crippen LogP contribution in [-0.2, 0) is 23.7 Å². The van der Waals surface area contributed by atoms with E-state index in [1.165, 1.54) is 193 Å². The monoisotopic (exact) mass is 1180 g/mol. The molecule has 0 aromatic heterocycles. The molecule has 484 valence electrons. The highest BCUT2D eigenvalue weighted by Gasteiger charge is 2.51. The summed E-state index contributed by atoms with van der Waals surface area (Å²) in [6.07, 6.45) is 54.2. The van der Waals surface area contributed by atoms with Crippen LogP contribution >= 0.6 is 0 Å². The van der Waals surface area contributed by atoms with Crippen LogP contribution in [0.3, 0.4) is 0 Å². The molecule has 2 fully saturated rings. The molecule has 0 saturated carbocycles. The third-order valence-electron chi connectivity index (χ3n) is 16.4. The third-order valence-corrected chi connectivity index (χ3v) is 16.4. The maximum absolute atomic E-state index is 13.3. The van der Waals surface area contributed by atoms with Gasteiger partial charge in [0.1, 0.15) is 48.8 Å².